The zero-order chi connectivity index (χ0) is 14.2. The van der Waals surface area contributed by atoms with Crippen molar-refractivity contribution in [3.8, 4) is 0 Å². The summed E-state index contributed by atoms with van der Waals surface area (Å²) in [5.41, 5.74) is 4.65. The Morgan fingerprint density at radius 2 is 1.89 bits per heavy atom. The van der Waals surface area contributed by atoms with Crippen molar-refractivity contribution in [1.29, 1.82) is 0 Å². The molecule has 0 aromatic heterocycles. The maximum Gasteiger partial charge on any atom is 0.328 e. The highest BCUT2D eigenvalue weighted by atomic mass is 32.2. The topological polar surface area (TPSA) is 101 Å². The van der Waals surface area contributed by atoms with Crippen LogP contribution >= 0.6 is 0 Å². The Morgan fingerprint density at radius 3 is 2.47 bits per heavy atom. The van der Waals surface area contributed by atoms with Crippen molar-refractivity contribution < 1.29 is 22.0 Å². The maximum atomic E-state index is 13.4. The van der Waals surface area contributed by atoms with Crippen molar-refractivity contribution >= 4 is 21.7 Å². The summed E-state index contributed by atoms with van der Waals surface area (Å²) in [6, 6.07) is -0.0387. The van der Waals surface area contributed by atoms with Crippen LogP contribution in [-0.4, -0.2) is 20.5 Å². The number of anilines is 1. The summed E-state index contributed by atoms with van der Waals surface area (Å²) >= 11 is 0. The van der Waals surface area contributed by atoms with E-state index in [1.807, 2.05) is 0 Å². The van der Waals surface area contributed by atoms with Crippen molar-refractivity contribution in [3.05, 3.63) is 23.8 Å². The van der Waals surface area contributed by atoms with Crippen LogP contribution in [0.25, 0.3) is 0 Å². The van der Waals surface area contributed by atoms with E-state index in [1.54, 1.807) is 4.72 Å². The van der Waals surface area contributed by atoms with Crippen LogP contribution in [-0.2, 0) is 10.0 Å². The molecule has 0 heterocycles. The summed E-state index contributed by atoms with van der Waals surface area (Å²) in [5.74, 6) is -2.39. The van der Waals surface area contributed by atoms with Crippen LogP contribution in [0, 0.1) is 11.6 Å². The number of halogens is 2. The maximum absolute atomic E-state index is 13.4. The number of nitrogen functional groups attached to an aromatic ring is 1. The third-order valence-electron chi connectivity index (χ3n) is 2.48. The van der Waals surface area contributed by atoms with E-state index in [4.69, 9.17) is 5.73 Å². The second-order valence-corrected chi connectivity index (χ2v) is 5.81. The summed E-state index contributed by atoms with van der Waals surface area (Å²) in [6.45, 7) is 0. The van der Waals surface area contributed by atoms with Gasteiger partial charge in [0.15, 0.2) is 0 Å². The van der Waals surface area contributed by atoms with Gasteiger partial charge < -0.3 is 11.1 Å². The standard InChI is InChI=1S/C10H11F2N3O3S/c11-6-3-7(12)9(4-8(6)13)19(17,18)15-10(16)14-5-1-2-5/h3-5H,1-2,13H2,(H2,14,15,16). The molecule has 4 N–H and O–H groups in total. The summed E-state index contributed by atoms with van der Waals surface area (Å²) < 4.78 is 51.4. The van der Waals surface area contributed by atoms with E-state index >= 15 is 0 Å². The lowest BCUT2D eigenvalue weighted by atomic mass is 10.3. The number of carbonyl (C=O) groups is 1. The smallest absolute Gasteiger partial charge is 0.328 e. The third kappa shape index (κ3) is 3.11. The lowest BCUT2D eigenvalue weighted by molar-refractivity contribution is 0.245. The molecular formula is C10H11F2N3O3S. The van der Waals surface area contributed by atoms with Crippen LogP contribution in [0.4, 0.5) is 19.3 Å². The number of nitrogens with one attached hydrogen (secondary N) is 2. The van der Waals surface area contributed by atoms with E-state index in [9.17, 15) is 22.0 Å². The normalized spacial score (nSPS) is 15.1. The number of rotatable bonds is 3. The molecule has 1 saturated carbocycles. The first-order chi connectivity index (χ1) is 8.79. The molecule has 19 heavy (non-hydrogen) atoms. The molecule has 1 fully saturated rings. The number of hydrogen-bond acceptors (Lipinski definition) is 4. The van der Waals surface area contributed by atoms with Crippen LogP contribution < -0.4 is 15.8 Å². The van der Waals surface area contributed by atoms with E-state index in [-0.39, 0.29) is 6.04 Å². The Hall–Kier alpha value is -1.90. The molecule has 2 rings (SSSR count). The molecule has 1 aromatic rings. The first kappa shape index (κ1) is 13.5. The Bertz CT molecular complexity index is 629. The zero-order valence-corrected chi connectivity index (χ0v) is 10.4. The first-order valence-electron chi connectivity index (χ1n) is 5.37. The fraction of sp³-hybridized carbons (Fsp3) is 0.300. The van der Waals surface area contributed by atoms with E-state index in [1.165, 1.54) is 0 Å². The molecule has 1 aliphatic rings. The van der Waals surface area contributed by atoms with Gasteiger partial charge in [-0.1, -0.05) is 0 Å². The average molecular weight is 291 g/mol. The third-order valence-corrected chi connectivity index (χ3v) is 3.83. The largest absolute Gasteiger partial charge is 0.396 e. The number of carbonyl (C=O) groups excluding carboxylic acids is 1. The minimum Gasteiger partial charge on any atom is -0.396 e. The Balaban J connectivity index is 2.23. The van der Waals surface area contributed by atoms with Gasteiger partial charge >= 0.3 is 6.03 Å². The molecule has 6 nitrogen and oxygen atoms in total. The van der Waals surface area contributed by atoms with Crippen LogP contribution in [0.2, 0.25) is 0 Å². The van der Waals surface area contributed by atoms with Crippen LogP contribution in [0.15, 0.2) is 17.0 Å². The molecule has 0 unspecified atom stereocenters. The monoisotopic (exact) mass is 291 g/mol. The summed E-state index contributed by atoms with van der Waals surface area (Å²) in [7, 11) is -4.43. The number of benzene rings is 1. The van der Waals surface area contributed by atoms with Gasteiger partial charge in [-0.3, -0.25) is 0 Å². The lowest BCUT2D eigenvalue weighted by Gasteiger charge is -2.09. The van der Waals surface area contributed by atoms with Gasteiger partial charge in [0.2, 0.25) is 0 Å². The van der Waals surface area contributed by atoms with Gasteiger partial charge in [0.1, 0.15) is 16.5 Å². The molecule has 0 atom stereocenters. The fourth-order valence-electron chi connectivity index (χ4n) is 1.37. The van der Waals surface area contributed by atoms with Gasteiger partial charge in [-0.25, -0.2) is 26.7 Å². The minimum atomic E-state index is -4.43. The van der Waals surface area contributed by atoms with Crippen molar-refractivity contribution in [2.24, 2.45) is 0 Å². The number of sulfonamides is 1. The SMILES string of the molecule is Nc1cc(S(=O)(=O)NC(=O)NC2CC2)c(F)cc1F. The summed E-state index contributed by atoms with van der Waals surface area (Å²) in [6.07, 6.45) is 1.54. The van der Waals surface area contributed by atoms with E-state index in [0.717, 1.165) is 12.8 Å². The van der Waals surface area contributed by atoms with Gasteiger partial charge in [-0.05, 0) is 18.9 Å². The molecule has 1 aliphatic carbocycles. The molecule has 0 saturated heterocycles. The van der Waals surface area contributed by atoms with E-state index in [2.05, 4.69) is 5.32 Å². The lowest BCUT2D eigenvalue weighted by Crippen LogP contribution is -2.40. The van der Waals surface area contributed by atoms with Gasteiger partial charge in [0, 0.05) is 12.1 Å². The molecular weight excluding hydrogens is 280 g/mol. The molecule has 0 bridgehead atoms. The van der Waals surface area contributed by atoms with Gasteiger partial charge in [-0.2, -0.15) is 0 Å². The summed E-state index contributed by atoms with van der Waals surface area (Å²) in [4.78, 5) is 10.4. The summed E-state index contributed by atoms with van der Waals surface area (Å²) in [5, 5.41) is 2.37. The number of hydrogen-bond donors (Lipinski definition) is 3. The second-order valence-electron chi connectivity index (χ2n) is 4.16. The second kappa shape index (κ2) is 4.65. The highest BCUT2D eigenvalue weighted by Crippen LogP contribution is 2.21. The Labute approximate surface area is 108 Å². The average Bonchev–Trinajstić information content (AvgIpc) is 3.05. The molecule has 0 aliphatic heterocycles. The Kier molecular flexibility index (Phi) is 3.31. The Morgan fingerprint density at radius 1 is 1.26 bits per heavy atom. The van der Waals surface area contributed by atoms with Crippen molar-refractivity contribution in [2.45, 2.75) is 23.8 Å². The van der Waals surface area contributed by atoms with Gasteiger partial charge in [0.25, 0.3) is 10.0 Å². The van der Waals surface area contributed by atoms with Crippen molar-refractivity contribution in [2.75, 3.05) is 5.73 Å². The van der Waals surface area contributed by atoms with Crippen LogP contribution in [0.3, 0.4) is 0 Å². The number of nitrogens with two attached hydrogens (primary N) is 1. The number of amides is 2. The predicted molar refractivity (Wildman–Crippen MR) is 62.6 cm³/mol. The van der Waals surface area contributed by atoms with Crippen molar-refractivity contribution in [1.82, 2.24) is 10.0 Å². The van der Waals surface area contributed by atoms with E-state index in [0.29, 0.717) is 12.1 Å². The minimum absolute atomic E-state index is 0.0571. The van der Waals surface area contributed by atoms with Crippen LogP contribution in [0.1, 0.15) is 12.8 Å². The van der Waals surface area contributed by atoms with Crippen LogP contribution in [0.5, 0.6) is 0 Å². The quantitative estimate of drug-likeness (QED) is 0.713. The number of urea groups is 1. The molecule has 9 heteroatoms. The zero-order valence-electron chi connectivity index (χ0n) is 9.61. The highest BCUT2D eigenvalue weighted by Gasteiger charge is 2.27. The molecule has 1 aromatic carbocycles. The highest BCUT2D eigenvalue weighted by molar-refractivity contribution is 7.90. The van der Waals surface area contributed by atoms with E-state index < -0.39 is 38.3 Å². The van der Waals surface area contributed by atoms with Gasteiger partial charge in [0.05, 0.1) is 5.69 Å². The molecule has 2 amide bonds. The first-order valence-corrected chi connectivity index (χ1v) is 6.86. The molecule has 0 radical (unpaired) electrons. The molecule has 104 valence electrons. The van der Waals surface area contributed by atoms with Gasteiger partial charge in [-0.15, -0.1) is 0 Å². The molecule has 0 spiro atoms. The predicted octanol–water partition coefficient (Wildman–Crippen LogP) is 0.697. The fourth-order valence-corrected chi connectivity index (χ4v) is 2.38. The van der Waals surface area contributed by atoms with Crippen molar-refractivity contribution in [3.63, 3.8) is 0 Å².